The van der Waals surface area contributed by atoms with Crippen molar-refractivity contribution in [2.75, 3.05) is 6.61 Å². The Morgan fingerprint density at radius 1 is 0.453 bits per heavy atom. The summed E-state index contributed by atoms with van der Waals surface area (Å²) < 4.78 is 5.93. The average Bonchev–Trinajstić information content (AvgIpc) is 3.29. The predicted octanol–water partition coefficient (Wildman–Crippen LogP) is 17.2. The third-order valence-corrected chi connectivity index (χ3v) is 13.0. The van der Waals surface area contributed by atoms with Crippen LogP contribution in [0.25, 0.3) is 0 Å². The molecule has 0 aliphatic rings. The van der Waals surface area contributed by atoms with Crippen LogP contribution in [0.15, 0.2) is 36.5 Å². The molecule has 0 aromatic heterocycles. The largest absolute Gasteiger partial charge is 0.462 e. The molecule has 0 fully saturated rings. The van der Waals surface area contributed by atoms with E-state index in [1.807, 2.05) is 0 Å². The summed E-state index contributed by atoms with van der Waals surface area (Å²) in [6, 6.07) is -0.712. The lowest BCUT2D eigenvalue weighted by Gasteiger charge is -2.24. The quantitative estimate of drug-likeness (QED) is 0.0245. The Morgan fingerprint density at radius 2 is 0.797 bits per heavy atom. The Hall–Kier alpha value is -1.92. The number of carbonyl (C=O) groups excluding carboxylic acids is 2. The van der Waals surface area contributed by atoms with Crippen LogP contribution in [0, 0.1) is 0 Å². The molecule has 0 aliphatic heterocycles. The van der Waals surface area contributed by atoms with E-state index in [-0.39, 0.29) is 24.9 Å². The molecule has 0 radical (unpaired) electrons. The second-order valence-electron chi connectivity index (χ2n) is 19.4. The maximum absolute atomic E-state index is 13.2. The molecule has 0 aromatic rings. The number of nitrogens with one attached hydrogen (secondary N) is 1. The van der Waals surface area contributed by atoms with Crippen LogP contribution < -0.4 is 5.32 Å². The van der Waals surface area contributed by atoms with Crippen LogP contribution in [0.2, 0.25) is 0 Å². The minimum Gasteiger partial charge on any atom is -0.462 e. The topological polar surface area (TPSA) is 95.9 Å². The molecule has 3 atom stereocenters. The highest BCUT2D eigenvalue weighted by atomic mass is 16.5. The van der Waals surface area contributed by atoms with Crippen molar-refractivity contribution < 1.29 is 24.5 Å². The number of amides is 1. The Kier molecular flexibility index (Phi) is 50.5. The molecule has 6 heteroatoms. The molecular weight excluding hydrogens is 791 g/mol. The van der Waals surface area contributed by atoms with Gasteiger partial charge in [0.1, 0.15) is 6.10 Å². The molecule has 0 saturated heterocycles. The van der Waals surface area contributed by atoms with Gasteiger partial charge in [0.15, 0.2) is 0 Å². The second-order valence-corrected chi connectivity index (χ2v) is 19.4. The van der Waals surface area contributed by atoms with Gasteiger partial charge >= 0.3 is 5.97 Å². The minimum absolute atomic E-state index is 0.0564. The molecule has 1 amide bonds. The van der Waals surface area contributed by atoms with Crippen molar-refractivity contribution in [1.29, 1.82) is 0 Å². The van der Waals surface area contributed by atoms with Gasteiger partial charge in [-0.25, -0.2) is 0 Å². The summed E-state index contributed by atoms with van der Waals surface area (Å²) in [6.45, 7) is 6.49. The van der Waals surface area contributed by atoms with Gasteiger partial charge in [-0.05, 0) is 77.0 Å². The van der Waals surface area contributed by atoms with Crippen LogP contribution in [0.1, 0.15) is 297 Å². The normalized spacial score (nSPS) is 13.4. The lowest BCUT2D eigenvalue weighted by molar-refractivity contribution is -0.151. The first kappa shape index (κ1) is 62.1. The summed E-state index contributed by atoms with van der Waals surface area (Å²) in [5, 5.41) is 23.9. The summed E-state index contributed by atoms with van der Waals surface area (Å²) in [5.74, 6) is -0.508. The summed E-state index contributed by atoms with van der Waals surface area (Å²) >= 11 is 0. The van der Waals surface area contributed by atoms with Gasteiger partial charge in [0, 0.05) is 6.42 Å². The zero-order valence-electron chi connectivity index (χ0n) is 42.9. The number of aliphatic hydroxyl groups excluding tert-OH is 2. The fourth-order valence-corrected chi connectivity index (χ4v) is 8.65. The molecule has 0 heterocycles. The van der Waals surface area contributed by atoms with Crippen molar-refractivity contribution in [2.45, 2.75) is 315 Å². The first-order valence-corrected chi connectivity index (χ1v) is 28.2. The van der Waals surface area contributed by atoms with Crippen molar-refractivity contribution in [3.05, 3.63) is 36.5 Å². The van der Waals surface area contributed by atoms with E-state index in [4.69, 9.17) is 4.74 Å². The summed E-state index contributed by atoms with van der Waals surface area (Å²) in [5.41, 5.74) is 0. The summed E-state index contributed by atoms with van der Waals surface area (Å²) in [4.78, 5) is 26.2. The van der Waals surface area contributed by atoms with E-state index in [0.717, 1.165) is 77.0 Å². The third-order valence-electron chi connectivity index (χ3n) is 13.0. The second kappa shape index (κ2) is 52.1. The third kappa shape index (κ3) is 46.6. The number of hydrogen-bond acceptors (Lipinski definition) is 5. The van der Waals surface area contributed by atoms with Crippen LogP contribution in [0.4, 0.5) is 0 Å². The van der Waals surface area contributed by atoms with E-state index in [9.17, 15) is 19.8 Å². The van der Waals surface area contributed by atoms with Crippen LogP contribution in [-0.2, 0) is 14.3 Å². The standard InChI is InChI=1S/C58H109NO5/c1-4-7-10-13-16-19-22-25-27-29-32-34-37-40-43-46-49-54(64-58(63)51-48-45-42-39-36-31-24-21-18-15-12-9-6-3)52-57(62)59-55(53-60)56(61)50-47-44-41-38-35-33-30-28-26-23-20-17-14-11-8-5-2/h27,29,31-32,34,36,54-56,60-61H,4-26,28,30,33,35,37-53H2,1-3H3,(H,59,62)/b29-27+,34-32+,36-31-. The zero-order chi connectivity index (χ0) is 46.7. The van der Waals surface area contributed by atoms with Gasteiger partial charge in [0.05, 0.1) is 25.2 Å². The Balaban J connectivity index is 4.59. The van der Waals surface area contributed by atoms with Crippen molar-refractivity contribution >= 4 is 11.9 Å². The number of carbonyl (C=O) groups is 2. The minimum atomic E-state index is -0.796. The van der Waals surface area contributed by atoms with Crippen LogP contribution in [-0.4, -0.2) is 46.9 Å². The van der Waals surface area contributed by atoms with E-state index in [2.05, 4.69) is 62.5 Å². The number of hydrogen-bond donors (Lipinski definition) is 3. The van der Waals surface area contributed by atoms with E-state index in [1.54, 1.807) is 0 Å². The van der Waals surface area contributed by atoms with Gasteiger partial charge in [-0.15, -0.1) is 0 Å². The number of ether oxygens (including phenoxy) is 1. The Labute approximate surface area is 398 Å². The average molecular weight is 901 g/mol. The van der Waals surface area contributed by atoms with E-state index < -0.39 is 18.2 Å². The Morgan fingerprint density at radius 3 is 1.22 bits per heavy atom. The monoisotopic (exact) mass is 900 g/mol. The summed E-state index contributed by atoms with van der Waals surface area (Å²) in [6.07, 6.45) is 62.1. The van der Waals surface area contributed by atoms with Crippen LogP contribution in [0.3, 0.4) is 0 Å². The first-order chi connectivity index (χ1) is 31.5. The van der Waals surface area contributed by atoms with E-state index in [1.165, 1.54) is 173 Å². The van der Waals surface area contributed by atoms with Gasteiger partial charge in [0.25, 0.3) is 0 Å². The molecule has 0 rings (SSSR count). The lowest BCUT2D eigenvalue weighted by atomic mass is 10.0. The SMILES string of the molecule is CCCCCCCC/C=C\CCCCCC(=O)OC(CCCCC/C=C/C=C/CCCCCCCCC)CC(=O)NC(CO)C(O)CCCCCCCCCCCCCCCCCC. The molecule has 0 aliphatic carbocycles. The van der Waals surface area contributed by atoms with Gasteiger partial charge in [-0.2, -0.15) is 0 Å². The molecule has 0 bridgehead atoms. The van der Waals surface area contributed by atoms with Crippen LogP contribution in [0.5, 0.6) is 0 Å². The van der Waals surface area contributed by atoms with Crippen molar-refractivity contribution in [3.63, 3.8) is 0 Å². The van der Waals surface area contributed by atoms with Gasteiger partial charge in [-0.1, -0.05) is 243 Å². The maximum atomic E-state index is 13.2. The molecule has 0 saturated carbocycles. The predicted molar refractivity (Wildman–Crippen MR) is 278 cm³/mol. The van der Waals surface area contributed by atoms with Gasteiger partial charge in [0.2, 0.25) is 5.91 Å². The summed E-state index contributed by atoms with van der Waals surface area (Å²) in [7, 11) is 0. The number of aliphatic hydroxyl groups is 2. The zero-order valence-corrected chi connectivity index (χ0v) is 42.9. The van der Waals surface area contributed by atoms with Crippen molar-refractivity contribution in [1.82, 2.24) is 5.32 Å². The first-order valence-electron chi connectivity index (χ1n) is 28.2. The molecule has 3 N–H and O–H groups in total. The highest BCUT2D eigenvalue weighted by Crippen LogP contribution is 2.18. The highest BCUT2D eigenvalue weighted by molar-refractivity contribution is 5.77. The maximum Gasteiger partial charge on any atom is 0.306 e. The Bertz CT molecular complexity index is 1060. The molecule has 3 unspecified atom stereocenters. The smallest absolute Gasteiger partial charge is 0.306 e. The number of allylic oxidation sites excluding steroid dienone is 6. The van der Waals surface area contributed by atoms with Gasteiger partial charge in [-0.3, -0.25) is 9.59 Å². The molecule has 376 valence electrons. The van der Waals surface area contributed by atoms with Gasteiger partial charge < -0.3 is 20.3 Å². The van der Waals surface area contributed by atoms with Crippen LogP contribution >= 0.6 is 0 Å². The molecule has 0 spiro atoms. The fourth-order valence-electron chi connectivity index (χ4n) is 8.65. The molecule has 64 heavy (non-hydrogen) atoms. The molecule has 0 aromatic carbocycles. The lowest BCUT2D eigenvalue weighted by Crippen LogP contribution is -2.46. The molecular formula is C58H109NO5. The van der Waals surface area contributed by atoms with E-state index in [0.29, 0.717) is 19.3 Å². The van der Waals surface area contributed by atoms with Crippen molar-refractivity contribution in [3.8, 4) is 0 Å². The molecule has 6 nitrogen and oxygen atoms in total. The fraction of sp³-hybridized carbons (Fsp3) is 0.862. The number of esters is 1. The number of rotatable bonds is 51. The number of unbranched alkanes of at least 4 members (excludes halogenated alkanes) is 34. The highest BCUT2D eigenvalue weighted by Gasteiger charge is 2.24. The van der Waals surface area contributed by atoms with Crippen molar-refractivity contribution in [2.24, 2.45) is 0 Å². The van der Waals surface area contributed by atoms with E-state index >= 15 is 0 Å².